The highest BCUT2D eigenvalue weighted by Gasteiger charge is 2.14. The van der Waals surface area contributed by atoms with E-state index in [0.717, 1.165) is 28.5 Å². The third-order valence-electron chi connectivity index (χ3n) is 3.67. The second-order valence-corrected chi connectivity index (χ2v) is 6.31. The van der Waals surface area contributed by atoms with Crippen molar-refractivity contribution < 1.29 is 13.7 Å². The summed E-state index contributed by atoms with van der Waals surface area (Å²) < 4.78 is 17.8. The minimum atomic E-state index is 0.477. The number of rotatable bonds is 7. The third kappa shape index (κ3) is 3.47. The molecule has 0 bridgehead atoms. The number of nitrogens with zero attached hydrogens (tertiary/aromatic N) is 5. The second-order valence-electron chi connectivity index (χ2n) is 5.37. The van der Waals surface area contributed by atoms with Gasteiger partial charge in [0.15, 0.2) is 0 Å². The summed E-state index contributed by atoms with van der Waals surface area (Å²) in [7, 11) is 1.63. The molecule has 0 aliphatic heterocycles. The molecule has 4 aromatic rings. The summed E-state index contributed by atoms with van der Waals surface area (Å²) >= 11 is 1.47. The minimum Gasteiger partial charge on any atom is -0.496 e. The SMILES string of the molecule is COc1ccccc1-c1cc(CSc2nnnn2Cc2ccco2)on1. The van der Waals surface area contributed by atoms with Crippen LogP contribution in [0.4, 0.5) is 0 Å². The molecule has 26 heavy (non-hydrogen) atoms. The molecule has 0 saturated heterocycles. The summed E-state index contributed by atoms with van der Waals surface area (Å²) in [6, 6.07) is 13.3. The van der Waals surface area contributed by atoms with Crippen LogP contribution in [0.2, 0.25) is 0 Å². The molecule has 0 aliphatic rings. The highest BCUT2D eigenvalue weighted by Crippen LogP contribution is 2.30. The molecule has 4 rings (SSSR count). The van der Waals surface area contributed by atoms with Crippen molar-refractivity contribution in [3.8, 4) is 17.0 Å². The fourth-order valence-corrected chi connectivity index (χ4v) is 3.20. The highest BCUT2D eigenvalue weighted by atomic mass is 32.2. The Labute approximate surface area is 153 Å². The first-order chi connectivity index (χ1) is 12.8. The molecule has 0 saturated carbocycles. The van der Waals surface area contributed by atoms with E-state index in [-0.39, 0.29) is 0 Å². The quantitative estimate of drug-likeness (QED) is 0.458. The van der Waals surface area contributed by atoms with Crippen LogP contribution in [0.25, 0.3) is 11.3 Å². The van der Waals surface area contributed by atoms with E-state index in [9.17, 15) is 0 Å². The third-order valence-corrected chi connectivity index (χ3v) is 4.65. The van der Waals surface area contributed by atoms with E-state index in [4.69, 9.17) is 13.7 Å². The van der Waals surface area contributed by atoms with Gasteiger partial charge in [0.1, 0.15) is 29.5 Å². The van der Waals surface area contributed by atoms with Gasteiger partial charge in [0.2, 0.25) is 5.16 Å². The summed E-state index contributed by atoms with van der Waals surface area (Å²) in [5, 5.41) is 16.6. The molecule has 0 atom stereocenters. The van der Waals surface area contributed by atoms with Crippen LogP contribution < -0.4 is 4.74 Å². The van der Waals surface area contributed by atoms with E-state index in [1.807, 2.05) is 42.5 Å². The predicted octanol–water partition coefficient (Wildman–Crippen LogP) is 3.27. The summed E-state index contributed by atoms with van der Waals surface area (Å²) in [6.07, 6.45) is 1.63. The predicted molar refractivity (Wildman–Crippen MR) is 93.7 cm³/mol. The van der Waals surface area contributed by atoms with E-state index in [2.05, 4.69) is 20.7 Å². The molecule has 3 heterocycles. The van der Waals surface area contributed by atoms with Crippen molar-refractivity contribution in [2.24, 2.45) is 0 Å². The number of thioether (sulfide) groups is 1. The van der Waals surface area contributed by atoms with Crippen molar-refractivity contribution in [1.29, 1.82) is 0 Å². The molecule has 3 aromatic heterocycles. The van der Waals surface area contributed by atoms with Crippen LogP contribution in [0.3, 0.4) is 0 Å². The molecule has 8 nitrogen and oxygen atoms in total. The fourth-order valence-electron chi connectivity index (χ4n) is 2.45. The van der Waals surface area contributed by atoms with Gasteiger partial charge < -0.3 is 13.7 Å². The van der Waals surface area contributed by atoms with Gasteiger partial charge in [-0.3, -0.25) is 0 Å². The van der Waals surface area contributed by atoms with Crippen molar-refractivity contribution in [1.82, 2.24) is 25.4 Å². The van der Waals surface area contributed by atoms with Crippen LogP contribution in [0, 0.1) is 0 Å². The van der Waals surface area contributed by atoms with Crippen LogP contribution >= 0.6 is 11.8 Å². The summed E-state index contributed by atoms with van der Waals surface area (Å²) in [5.74, 6) is 2.82. The zero-order valence-electron chi connectivity index (χ0n) is 13.9. The molecule has 0 amide bonds. The van der Waals surface area contributed by atoms with Crippen molar-refractivity contribution >= 4 is 11.8 Å². The number of furan rings is 1. The average Bonchev–Trinajstić information content (AvgIpc) is 3.43. The monoisotopic (exact) mass is 369 g/mol. The number of methoxy groups -OCH3 is 1. The van der Waals surface area contributed by atoms with Crippen LogP contribution in [0.1, 0.15) is 11.5 Å². The van der Waals surface area contributed by atoms with Gasteiger partial charge in [-0.25, -0.2) is 4.68 Å². The minimum absolute atomic E-state index is 0.477. The molecule has 0 spiro atoms. The van der Waals surface area contributed by atoms with Crippen molar-refractivity contribution in [2.45, 2.75) is 17.5 Å². The maximum absolute atomic E-state index is 5.44. The first-order valence-electron chi connectivity index (χ1n) is 7.84. The Hall–Kier alpha value is -3.07. The standard InChI is InChI=1S/C17H15N5O3S/c1-23-16-7-3-2-6-14(16)15-9-13(25-19-15)11-26-17-18-20-21-22(17)10-12-5-4-8-24-12/h2-9H,10-11H2,1H3. The lowest BCUT2D eigenvalue weighted by atomic mass is 10.1. The molecular weight excluding hydrogens is 354 g/mol. The summed E-state index contributed by atoms with van der Waals surface area (Å²) in [4.78, 5) is 0. The lowest BCUT2D eigenvalue weighted by Crippen LogP contribution is -2.02. The summed E-state index contributed by atoms with van der Waals surface area (Å²) in [5.41, 5.74) is 1.62. The first-order valence-corrected chi connectivity index (χ1v) is 8.82. The molecule has 9 heteroatoms. The van der Waals surface area contributed by atoms with Crippen LogP contribution in [0.15, 0.2) is 62.8 Å². The molecule has 1 aromatic carbocycles. The van der Waals surface area contributed by atoms with Gasteiger partial charge in [0.05, 0.1) is 19.1 Å². The zero-order chi connectivity index (χ0) is 17.8. The van der Waals surface area contributed by atoms with E-state index < -0.39 is 0 Å². The lowest BCUT2D eigenvalue weighted by Gasteiger charge is -2.03. The van der Waals surface area contributed by atoms with Crippen LogP contribution in [0.5, 0.6) is 5.75 Å². The van der Waals surface area contributed by atoms with Gasteiger partial charge in [-0.1, -0.05) is 29.1 Å². The summed E-state index contributed by atoms with van der Waals surface area (Å²) in [6.45, 7) is 0.477. The Morgan fingerprint density at radius 1 is 1.15 bits per heavy atom. The molecule has 0 N–H and O–H groups in total. The molecule has 132 valence electrons. The topological polar surface area (TPSA) is 92.0 Å². The van der Waals surface area contributed by atoms with Gasteiger partial charge in [-0.2, -0.15) is 0 Å². The average molecular weight is 369 g/mol. The highest BCUT2D eigenvalue weighted by molar-refractivity contribution is 7.98. The normalized spacial score (nSPS) is 11.0. The Morgan fingerprint density at radius 3 is 2.92 bits per heavy atom. The first kappa shape index (κ1) is 16.4. The number of hydrogen-bond acceptors (Lipinski definition) is 8. The van der Waals surface area contributed by atoms with E-state index in [0.29, 0.717) is 17.5 Å². The Kier molecular flexibility index (Phi) is 4.69. The van der Waals surface area contributed by atoms with Crippen LogP contribution in [-0.4, -0.2) is 32.5 Å². The van der Waals surface area contributed by atoms with Crippen LogP contribution in [-0.2, 0) is 12.3 Å². The van der Waals surface area contributed by atoms with Gasteiger partial charge >= 0.3 is 0 Å². The van der Waals surface area contributed by atoms with Gasteiger partial charge in [0.25, 0.3) is 0 Å². The van der Waals surface area contributed by atoms with Crippen molar-refractivity contribution in [3.05, 3.63) is 60.2 Å². The molecule has 0 unspecified atom stereocenters. The number of hydrogen-bond donors (Lipinski definition) is 0. The van der Waals surface area contributed by atoms with Crippen molar-refractivity contribution in [2.75, 3.05) is 7.11 Å². The van der Waals surface area contributed by atoms with Gasteiger partial charge in [-0.15, -0.1) is 5.10 Å². The maximum atomic E-state index is 5.44. The largest absolute Gasteiger partial charge is 0.496 e. The lowest BCUT2D eigenvalue weighted by molar-refractivity contribution is 0.394. The van der Waals surface area contributed by atoms with E-state index in [1.165, 1.54) is 11.8 Å². The zero-order valence-corrected chi connectivity index (χ0v) is 14.7. The smallest absolute Gasteiger partial charge is 0.210 e. The Morgan fingerprint density at radius 2 is 2.08 bits per heavy atom. The van der Waals surface area contributed by atoms with Gasteiger partial charge in [0, 0.05) is 11.6 Å². The number of ether oxygens (including phenoxy) is 1. The molecule has 0 fully saturated rings. The maximum Gasteiger partial charge on any atom is 0.210 e. The number of aromatic nitrogens is 5. The molecule has 0 radical (unpaired) electrons. The van der Waals surface area contributed by atoms with Gasteiger partial charge in [-0.05, 0) is 34.7 Å². The molecule has 0 aliphatic carbocycles. The second kappa shape index (κ2) is 7.44. The van der Waals surface area contributed by atoms with E-state index in [1.54, 1.807) is 18.1 Å². The van der Waals surface area contributed by atoms with Crippen molar-refractivity contribution in [3.63, 3.8) is 0 Å². The molecular formula is C17H15N5O3S. The number of tetrazole rings is 1. The number of para-hydroxylation sites is 1. The Balaban J connectivity index is 1.45. The Bertz CT molecular complexity index is 980. The number of benzene rings is 1. The van der Waals surface area contributed by atoms with E-state index >= 15 is 0 Å². The fraction of sp³-hybridized carbons (Fsp3) is 0.176.